The number of aromatic hydroxyl groups is 8. The molecule has 0 aliphatic carbocycles. The van der Waals surface area contributed by atoms with Crippen molar-refractivity contribution in [2.24, 2.45) is 0 Å². The minimum Gasteiger partial charge on any atom is -0.508 e. The summed E-state index contributed by atoms with van der Waals surface area (Å²) in [5, 5.41) is 266. The van der Waals surface area contributed by atoms with Crippen LogP contribution in [0.4, 0.5) is 0 Å². The first kappa shape index (κ1) is 96.1. The molecule has 0 radical (unpaired) electrons. The van der Waals surface area contributed by atoms with E-state index in [2.05, 4.69) is 0 Å². The smallest absolute Gasteiger partial charge is 0.239 e. The quantitative estimate of drug-likeness (QED) is 0.0324. The summed E-state index contributed by atoms with van der Waals surface area (Å²) in [5.41, 5.74) is -1.38. The summed E-state index contributed by atoms with van der Waals surface area (Å²) in [4.78, 5) is 39.3. The number of phenols is 8. The molecule has 0 spiro atoms. The number of ketones is 1. The van der Waals surface area contributed by atoms with Gasteiger partial charge in [-0.1, -0.05) is 6.07 Å². The summed E-state index contributed by atoms with van der Waals surface area (Å²) < 4.78 is 94.4. The summed E-state index contributed by atoms with van der Waals surface area (Å²) in [5.74, 6) is -5.00. The molecule has 15 rings (SSSR count). The van der Waals surface area contributed by atoms with Crippen LogP contribution in [0.5, 0.6) is 80.5 Å². The number of ether oxygens (including phenoxy) is 15. The standard InChI is InChI=1S/C28H32O15.C28H34O15.C27H30O16/c1-10-21(32)23(34)25(36)27(40-10)39-9-19-22(33)24(35)26(37)28(43-19)41-12-6-14(30)20-15(31)8-17(42-18(20)7-12)11-3-4-16(38-2)13(29)5-11;1-10-21(33)23(35)25(37)27(39-10)43-26-24(36)22(34)19(9-29)42-28(26)40-12-6-14(31)20-15(32)8-17(41-18(20)7-12)11-3-4-16(38-2)13(30)5-11;1-8-17(32)20(35)22(37)26(40-8)39-7-15-18(33)21(36)23(38)27(42-15)43-25-19(34)16-13(31)5-10(28)6-14(16)41-24(25)9-2-3-11(29)12(30)4-9/h3-8,10,19,21-30,32-37H,9H2,1-2H3;3-7,10,17,19,21-31,33-37H,8-9H2,1-2H3;2-6,8,15,17-18,20-23,26-33,35-38H,7H2,1H3/t10-,19+,21-,22+,23+,24-,25+,26+,27+,28+;10-,17?,19+,21-,22+,23+,24-,25+,26+,27-,28+;8-,15+,17-,18+,20+,21-,22+,23+,26+,27-/m000/s1. The number of fused-ring (bicyclic) bond motifs is 3. The molecule has 129 heavy (non-hydrogen) atoms. The lowest BCUT2D eigenvalue weighted by molar-refractivity contribution is -0.354. The van der Waals surface area contributed by atoms with Crippen molar-refractivity contribution < 1.29 is 217 Å². The zero-order chi connectivity index (χ0) is 93.6. The molecule has 2 aromatic heterocycles. The second-order valence-corrected chi connectivity index (χ2v) is 31.2. The van der Waals surface area contributed by atoms with Gasteiger partial charge in [0.05, 0.1) is 58.8 Å². The van der Waals surface area contributed by atoms with Gasteiger partial charge in [-0.15, -0.1) is 0 Å². The molecule has 6 aromatic carbocycles. The number of hydrogen-bond acceptors (Lipinski definition) is 46. The monoisotopic (exact) mass is 1830 g/mol. The minimum absolute atomic E-state index is 0.0313. The number of benzene rings is 6. The van der Waals surface area contributed by atoms with Crippen molar-refractivity contribution in [2.45, 2.75) is 218 Å². The Morgan fingerprint density at radius 1 is 0.388 bits per heavy atom. The Kier molecular flexibility index (Phi) is 29.6. The Bertz CT molecular complexity index is 5400. The van der Waals surface area contributed by atoms with Crippen molar-refractivity contribution in [2.75, 3.05) is 34.0 Å². The molecule has 8 aromatic rings. The Balaban J connectivity index is 0.000000165. The maximum atomic E-state index is 13.6. The van der Waals surface area contributed by atoms with Gasteiger partial charge in [0.25, 0.3) is 0 Å². The lowest BCUT2D eigenvalue weighted by Crippen LogP contribution is -2.64. The first-order chi connectivity index (χ1) is 61.1. The van der Waals surface area contributed by atoms with E-state index in [1.54, 1.807) is 12.1 Å². The second kappa shape index (κ2) is 39.7. The van der Waals surface area contributed by atoms with Gasteiger partial charge >= 0.3 is 0 Å². The number of carbonyl (C=O) groups excluding carboxylic acids is 1. The fraction of sp³-hybridized carbons (Fsp3) is 0.482. The topological polar surface area (TPSA) is 742 Å². The average molecular weight is 1830 g/mol. The fourth-order valence-corrected chi connectivity index (χ4v) is 15.0. The van der Waals surface area contributed by atoms with Gasteiger partial charge in [0, 0.05) is 53.6 Å². The van der Waals surface area contributed by atoms with Crippen LogP contribution in [-0.2, 0) is 42.6 Å². The van der Waals surface area contributed by atoms with Gasteiger partial charge in [0.2, 0.25) is 30.0 Å². The molecule has 0 bridgehead atoms. The third kappa shape index (κ3) is 19.9. The van der Waals surface area contributed by atoms with Crippen molar-refractivity contribution in [1.29, 1.82) is 0 Å². The summed E-state index contributed by atoms with van der Waals surface area (Å²) in [6.45, 7) is 2.47. The van der Waals surface area contributed by atoms with Crippen molar-refractivity contribution in [3.8, 4) is 103 Å². The number of aliphatic hydroxyl groups excluding tert-OH is 18. The average Bonchev–Trinajstić information content (AvgIpc) is 0.770. The van der Waals surface area contributed by atoms with E-state index in [1.807, 2.05) is 0 Å². The van der Waals surface area contributed by atoms with Crippen LogP contribution in [0.3, 0.4) is 0 Å². The Morgan fingerprint density at radius 3 is 1.42 bits per heavy atom. The predicted molar refractivity (Wildman–Crippen MR) is 424 cm³/mol. The molecule has 1 unspecified atom stereocenters. The highest BCUT2D eigenvalue weighted by atomic mass is 16.8. The Hall–Kier alpha value is -10.5. The van der Waals surface area contributed by atoms with Gasteiger partial charge in [0.15, 0.2) is 76.4 Å². The van der Waals surface area contributed by atoms with Crippen LogP contribution in [0.15, 0.2) is 115 Å². The van der Waals surface area contributed by atoms with E-state index in [-0.39, 0.29) is 80.1 Å². The largest absolute Gasteiger partial charge is 0.508 e. The highest BCUT2D eigenvalue weighted by molar-refractivity contribution is 6.03. The van der Waals surface area contributed by atoms with Crippen LogP contribution < -0.4 is 39.3 Å². The van der Waals surface area contributed by atoms with Crippen LogP contribution in [0.1, 0.15) is 49.2 Å². The molecule has 0 amide bonds. The molecule has 0 saturated carbocycles. The summed E-state index contributed by atoms with van der Waals surface area (Å²) >= 11 is 0. The van der Waals surface area contributed by atoms with Gasteiger partial charge in [-0.2, -0.15) is 0 Å². The van der Waals surface area contributed by atoms with E-state index in [9.17, 15) is 147 Å². The number of methoxy groups -OCH3 is 2. The number of rotatable bonds is 20. The molecule has 26 N–H and O–H groups in total. The maximum absolute atomic E-state index is 13.6. The van der Waals surface area contributed by atoms with E-state index in [1.165, 1.54) is 77.5 Å². The molecule has 7 aliphatic heterocycles. The molecule has 6 fully saturated rings. The highest BCUT2D eigenvalue weighted by Crippen LogP contribution is 2.47. The second-order valence-electron chi connectivity index (χ2n) is 31.2. The third-order valence-corrected chi connectivity index (χ3v) is 22.4. The van der Waals surface area contributed by atoms with Crippen molar-refractivity contribution >= 4 is 27.7 Å². The number of aliphatic hydroxyl groups is 18. The van der Waals surface area contributed by atoms with Crippen molar-refractivity contribution in [1.82, 2.24) is 0 Å². The molecular formula is C83H96O46. The van der Waals surface area contributed by atoms with E-state index >= 15 is 0 Å². The van der Waals surface area contributed by atoms with Gasteiger partial charge in [-0.25, -0.2) is 0 Å². The van der Waals surface area contributed by atoms with Gasteiger partial charge in [-0.3, -0.25) is 14.4 Å². The summed E-state index contributed by atoms with van der Waals surface area (Å²) in [6.07, 6.45) is -47.5. The summed E-state index contributed by atoms with van der Waals surface area (Å²) in [6, 6.07) is 19.9. The van der Waals surface area contributed by atoms with Crippen molar-refractivity contribution in [3.05, 3.63) is 129 Å². The van der Waals surface area contributed by atoms with Crippen LogP contribution in [0, 0.1) is 0 Å². The first-order valence-corrected chi connectivity index (χ1v) is 39.8. The van der Waals surface area contributed by atoms with Crippen LogP contribution >= 0.6 is 0 Å². The van der Waals surface area contributed by atoms with Gasteiger partial charge in [0.1, 0.15) is 202 Å². The van der Waals surface area contributed by atoms with Gasteiger partial charge < -0.3 is 213 Å². The fourth-order valence-electron chi connectivity index (χ4n) is 15.0. The first-order valence-electron chi connectivity index (χ1n) is 39.8. The zero-order valence-electron chi connectivity index (χ0n) is 68.3. The summed E-state index contributed by atoms with van der Waals surface area (Å²) in [7, 11) is 2.77. The zero-order valence-corrected chi connectivity index (χ0v) is 68.3. The SMILES string of the molecule is COc1ccc(-c2cc(=O)c3c(O)cc(O[C@@H]4O[C@H](CO[C@@H]5O[C@@H](C)[C@H](O)[C@@H](O)[C@H]5O)[C@@H](O)[C@H](O)[C@H]4O)cc3o2)cc1O.COc1ccc(C2CC(=O)c3c(O)cc(O[C@@H]4O[C@H](CO)[C@@H](O)[C@H](O)[C@H]4O[C@@H]4O[C@@H](C)[C@H](O)[C@@H](O)[C@H]4O)cc3O2)cc1O.C[C@@H]1O[C@@H](OC[C@H]2O[C@@H](Oc3c(-c4ccc(O)c(O)c4)oc4cc(O)cc(O)c4c3=O)[C@H](O)[C@@H](O)[C@@H]2O)[C@H](O)[C@H](O)[C@H]1O. The maximum Gasteiger partial charge on any atom is 0.239 e. The number of Topliss-reactive ketones (excluding diaryl/α,β-unsaturated/α-hetero) is 1. The molecule has 46 nitrogen and oxygen atoms in total. The van der Waals surface area contributed by atoms with Crippen LogP contribution in [0.2, 0.25) is 0 Å². The molecule has 46 heteroatoms. The van der Waals surface area contributed by atoms with E-state index in [4.69, 9.17) is 79.9 Å². The lowest BCUT2D eigenvalue weighted by atomic mass is 9.95. The van der Waals surface area contributed by atoms with E-state index < -0.39 is 278 Å². The van der Waals surface area contributed by atoms with E-state index in [0.29, 0.717) is 11.1 Å². The normalized spacial score (nSPS) is 34.0. The predicted octanol–water partition coefficient (Wildman–Crippen LogP) is -3.93. The Labute approximate surface area is 725 Å². The molecule has 704 valence electrons. The molecular weight excluding hydrogens is 1730 g/mol. The van der Waals surface area contributed by atoms with Crippen LogP contribution in [0.25, 0.3) is 44.6 Å². The number of phenolic OH excluding ortho intramolecular Hbond substituents is 8. The Morgan fingerprint density at radius 2 is 0.860 bits per heavy atom. The molecule has 31 atom stereocenters. The minimum atomic E-state index is -1.97. The number of hydrogen-bond donors (Lipinski definition) is 26. The third-order valence-electron chi connectivity index (χ3n) is 22.4. The molecule has 7 aliphatic rings. The van der Waals surface area contributed by atoms with E-state index in [0.717, 1.165) is 42.5 Å². The molecule has 6 saturated heterocycles. The van der Waals surface area contributed by atoms with Crippen molar-refractivity contribution in [3.63, 3.8) is 0 Å². The lowest BCUT2D eigenvalue weighted by Gasteiger charge is -2.45. The van der Waals surface area contributed by atoms with Crippen LogP contribution in [-0.4, -0.2) is 357 Å². The van der Waals surface area contributed by atoms with Gasteiger partial charge in [-0.05, 0) is 74.9 Å². The number of carbonyl (C=O) groups is 1. The highest BCUT2D eigenvalue weighted by Gasteiger charge is 2.54. The molecule has 9 heterocycles.